The number of hydrogen-bond acceptors (Lipinski definition) is 4. The molecule has 5 nitrogen and oxygen atoms in total. The molecule has 0 radical (unpaired) electrons. The molecule has 0 bridgehead atoms. The third kappa shape index (κ3) is 4.52. The van der Waals surface area contributed by atoms with Gasteiger partial charge in [-0.3, -0.25) is 14.5 Å². The molecule has 1 aliphatic carbocycles. The normalized spacial score (nSPS) is 19.0. The summed E-state index contributed by atoms with van der Waals surface area (Å²) in [5.41, 5.74) is 0.694. The molecule has 4 rings (SSSR count). The van der Waals surface area contributed by atoms with Gasteiger partial charge >= 0.3 is 0 Å². The Kier molecular flexibility index (Phi) is 6.16. The van der Waals surface area contributed by atoms with Crippen molar-refractivity contribution in [2.45, 2.75) is 44.3 Å². The highest BCUT2D eigenvalue weighted by Crippen LogP contribution is 2.46. The van der Waals surface area contributed by atoms with Gasteiger partial charge in [0.1, 0.15) is 17.7 Å². The second-order valence-corrected chi connectivity index (χ2v) is 8.44. The standard InChI is InChI=1S/C24H25F2NO4/c25-18-7-3-16(4-8-18)22(17-5-9-19(26)10-6-17)31-15-20(28)14-27-21(29)13-24(23(27)30)11-1-2-12-24/h3-10,20,22,28H,1-2,11-15H2. The maximum Gasteiger partial charge on any atom is 0.235 e. The highest BCUT2D eigenvalue weighted by atomic mass is 19.1. The first kappa shape index (κ1) is 21.6. The number of rotatable bonds is 7. The Morgan fingerprint density at radius 1 is 0.935 bits per heavy atom. The second kappa shape index (κ2) is 8.85. The number of hydrogen-bond donors (Lipinski definition) is 1. The molecule has 2 amide bonds. The van der Waals surface area contributed by atoms with Gasteiger partial charge in [-0.05, 0) is 48.2 Å². The number of imide groups is 1. The van der Waals surface area contributed by atoms with Crippen molar-refractivity contribution in [3.05, 3.63) is 71.3 Å². The van der Waals surface area contributed by atoms with E-state index in [4.69, 9.17) is 4.74 Å². The van der Waals surface area contributed by atoms with E-state index in [2.05, 4.69) is 0 Å². The minimum Gasteiger partial charge on any atom is -0.389 e. The van der Waals surface area contributed by atoms with Crippen molar-refractivity contribution in [1.29, 1.82) is 0 Å². The van der Waals surface area contributed by atoms with Gasteiger partial charge in [0.2, 0.25) is 11.8 Å². The monoisotopic (exact) mass is 429 g/mol. The molecular weight excluding hydrogens is 404 g/mol. The summed E-state index contributed by atoms with van der Waals surface area (Å²) in [6.45, 7) is -0.275. The number of benzene rings is 2. The summed E-state index contributed by atoms with van der Waals surface area (Å²) in [5, 5.41) is 10.5. The van der Waals surface area contributed by atoms with Crippen molar-refractivity contribution >= 4 is 11.8 Å². The van der Waals surface area contributed by atoms with Crippen molar-refractivity contribution < 1.29 is 28.2 Å². The quantitative estimate of drug-likeness (QED) is 0.681. The van der Waals surface area contributed by atoms with Gasteiger partial charge in [0.15, 0.2) is 0 Å². The van der Waals surface area contributed by atoms with Crippen LogP contribution in [0.3, 0.4) is 0 Å². The second-order valence-electron chi connectivity index (χ2n) is 8.44. The van der Waals surface area contributed by atoms with Gasteiger partial charge in [-0.25, -0.2) is 8.78 Å². The van der Waals surface area contributed by atoms with E-state index < -0.39 is 29.3 Å². The van der Waals surface area contributed by atoms with Crippen LogP contribution >= 0.6 is 0 Å². The molecule has 1 heterocycles. The number of aliphatic hydroxyl groups is 1. The average Bonchev–Trinajstić information content (AvgIpc) is 3.31. The lowest BCUT2D eigenvalue weighted by Gasteiger charge is -2.25. The first-order chi connectivity index (χ1) is 14.9. The van der Waals surface area contributed by atoms with Gasteiger partial charge in [-0.1, -0.05) is 37.1 Å². The summed E-state index contributed by atoms with van der Waals surface area (Å²) in [7, 11) is 0. The molecule has 1 spiro atoms. The predicted molar refractivity (Wildman–Crippen MR) is 109 cm³/mol. The van der Waals surface area contributed by atoms with Crippen LogP contribution in [0.4, 0.5) is 8.78 Å². The molecule has 2 aliphatic rings. The van der Waals surface area contributed by atoms with Gasteiger partial charge in [0, 0.05) is 6.42 Å². The molecule has 1 N–H and O–H groups in total. The van der Waals surface area contributed by atoms with Crippen molar-refractivity contribution in [3.8, 4) is 0 Å². The molecule has 1 atom stereocenters. The zero-order chi connectivity index (χ0) is 22.0. The van der Waals surface area contributed by atoms with E-state index in [1.165, 1.54) is 24.3 Å². The number of likely N-dealkylation sites (tertiary alicyclic amines) is 1. The van der Waals surface area contributed by atoms with Crippen molar-refractivity contribution in [2.24, 2.45) is 5.41 Å². The van der Waals surface area contributed by atoms with E-state index >= 15 is 0 Å². The van der Waals surface area contributed by atoms with Crippen LogP contribution in [0, 0.1) is 17.0 Å². The van der Waals surface area contributed by atoms with Crippen LogP contribution in [0.2, 0.25) is 0 Å². The zero-order valence-electron chi connectivity index (χ0n) is 17.1. The lowest BCUT2D eigenvalue weighted by Crippen LogP contribution is -2.41. The fourth-order valence-corrected chi connectivity index (χ4v) is 4.62. The van der Waals surface area contributed by atoms with Gasteiger partial charge in [0.25, 0.3) is 0 Å². The Morgan fingerprint density at radius 3 is 1.97 bits per heavy atom. The Labute approximate surface area is 179 Å². The first-order valence-corrected chi connectivity index (χ1v) is 10.5. The summed E-state index contributed by atoms with van der Waals surface area (Å²) in [5.74, 6) is -1.23. The molecule has 1 unspecified atom stereocenters. The number of carbonyl (C=O) groups is 2. The fraction of sp³-hybridized carbons (Fsp3) is 0.417. The van der Waals surface area contributed by atoms with E-state index in [1.807, 2.05) is 0 Å². The summed E-state index contributed by atoms with van der Waals surface area (Å²) < 4.78 is 32.6. The van der Waals surface area contributed by atoms with E-state index in [-0.39, 0.29) is 31.4 Å². The molecule has 2 aromatic carbocycles. The lowest BCUT2D eigenvalue weighted by molar-refractivity contribution is -0.143. The lowest BCUT2D eigenvalue weighted by atomic mass is 9.84. The maximum atomic E-state index is 13.3. The number of halogens is 2. The number of amides is 2. The zero-order valence-corrected chi connectivity index (χ0v) is 17.1. The summed E-state index contributed by atoms with van der Waals surface area (Å²) in [4.78, 5) is 26.4. The highest BCUT2D eigenvalue weighted by Gasteiger charge is 2.52. The molecule has 2 fully saturated rings. The highest BCUT2D eigenvalue weighted by molar-refractivity contribution is 6.06. The van der Waals surface area contributed by atoms with Crippen LogP contribution in [0.15, 0.2) is 48.5 Å². The summed E-state index contributed by atoms with van der Waals surface area (Å²) in [6.07, 6.45) is 1.79. The largest absolute Gasteiger partial charge is 0.389 e. The summed E-state index contributed by atoms with van der Waals surface area (Å²) >= 11 is 0. The van der Waals surface area contributed by atoms with E-state index in [0.717, 1.165) is 30.6 Å². The SMILES string of the molecule is O=C1CC2(CCCC2)C(=O)N1CC(O)COC(c1ccc(F)cc1)c1ccc(F)cc1. The van der Waals surface area contributed by atoms with Crippen molar-refractivity contribution in [2.75, 3.05) is 13.2 Å². The van der Waals surface area contributed by atoms with Crippen LogP contribution in [0.25, 0.3) is 0 Å². The van der Waals surface area contributed by atoms with Crippen LogP contribution in [-0.4, -0.2) is 41.1 Å². The third-order valence-corrected chi connectivity index (χ3v) is 6.24. The number of ether oxygens (including phenoxy) is 1. The Balaban J connectivity index is 1.44. The molecule has 164 valence electrons. The van der Waals surface area contributed by atoms with Gasteiger partial charge in [-0.2, -0.15) is 0 Å². The average molecular weight is 429 g/mol. The number of carbonyl (C=O) groups excluding carboxylic acids is 2. The number of nitrogens with zero attached hydrogens (tertiary/aromatic N) is 1. The van der Waals surface area contributed by atoms with Crippen LogP contribution in [0.5, 0.6) is 0 Å². The first-order valence-electron chi connectivity index (χ1n) is 10.5. The Hall–Kier alpha value is -2.64. The van der Waals surface area contributed by atoms with Crippen LogP contribution in [-0.2, 0) is 14.3 Å². The molecule has 0 aromatic heterocycles. The minimum absolute atomic E-state index is 0.126. The van der Waals surface area contributed by atoms with Gasteiger partial charge in [-0.15, -0.1) is 0 Å². The molecule has 1 saturated heterocycles. The molecule has 1 saturated carbocycles. The maximum absolute atomic E-state index is 13.3. The van der Waals surface area contributed by atoms with Crippen LogP contribution in [0.1, 0.15) is 49.3 Å². The molecular formula is C24H25F2NO4. The smallest absolute Gasteiger partial charge is 0.235 e. The Bertz CT molecular complexity index is 894. The fourth-order valence-electron chi connectivity index (χ4n) is 4.62. The van der Waals surface area contributed by atoms with E-state index in [1.54, 1.807) is 24.3 Å². The third-order valence-electron chi connectivity index (χ3n) is 6.24. The predicted octanol–water partition coefficient (Wildman–Crippen LogP) is 3.75. The van der Waals surface area contributed by atoms with E-state index in [9.17, 15) is 23.5 Å². The van der Waals surface area contributed by atoms with Gasteiger partial charge < -0.3 is 9.84 Å². The molecule has 2 aromatic rings. The molecule has 31 heavy (non-hydrogen) atoms. The molecule has 7 heteroatoms. The summed E-state index contributed by atoms with van der Waals surface area (Å²) in [6, 6.07) is 11.4. The van der Waals surface area contributed by atoms with Gasteiger partial charge in [0.05, 0.1) is 24.7 Å². The number of β-amino-alcohol motifs (C(OH)–C–C–N with tert-alkyl or cyclic N) is 1. The van der Waals surface area contributed by atoms with E-state index in [0.29, 0.717) is 11.1 Å². The minimum atomic E-state index is -1.08. The molecule has 1 aliphatic heterocycles. The Morgan fingerprint density at radius 2 is 1.45 bits per heavy atom. The van der Waals surface area contributed by atoms with Crippen molar-refractivity contribution in [1.82, 2.24) is 4.90 Å². The van der Waals surface area contributed by atoms with Crippen LogP contribution < -0.4 is 0 Å². The number of aliphatic hydroxyl groups excluding tert-OH is 1. The topological polar surface area (TPSA) is 66.8 Å². The van der Waals surface area contributed by atoms with Crippen molar-refractivity contribution in [3.63, 3.8) is 0 Å².